The fourth-order valence-corrected chi connectivity index (χ4v) is 1.55. The van der Waals surface area contributed by atoms with Crippen molar-refractivity contribution in [2.24, 2.45) is 0 Å². The second-order valence-electron chi connectivity index (χ2n) is 1.89. The van der Waals surface area contributed by atoms with Gasteiger partial charge in [-0.05, 0) is 23.9 Å². The predicted octanol–water partition coefficient (Wildman–Crippen LogP) is 3.71. The quantitative estimate of drug-likeness (QED) is 0.411. The number of hydrogen-bond acceptors (Lipinski definition) is 2. The molecule has 1 nitrogen and oxygen atoms in total. The number of nitriles is 1. The Morgan fingerprint density at radius 3 is 2.58 bits per heavy atom. The SMILES string of the molecule is N#CSc1cc(F)c(Cl)cc1Cl. The topological polar surface area (TPSA) is 23.8 Å². The van der Waals surface area contributed by atoms with Crippen molar-refractivity contribution >= 4 is 35.0 Å². The van der Waals surface area contributed by atoms with Crippen LogP contribution in [0.4, 0.5) is 4.39 Å². The zero-order valence-electron chi connectivity index (χ0n) is 5.64. The number of thiocyanates is 1. The van der Waals surface area contributed by atoms with Crippen LogP contribution in [0.15, 0.2) is 17.0 Å². The summed E-state index contributed by atoms with van der Waals surface area (Å²) in [5, 5.41) is 10.3. The number of nitrogens with zero attached hydrogens (tertiary/aromatic N) is 1. The zero-order valence-corrected chi connectivity index (χ0v) is 7.97. The van der Waals surface area contributed by atoms with Crippen LogP contribution in [-0.4, -0.2) is 0 Å². The molecule has 0 aromatic heterocycles. The second kappa shape index (κ2) is 3.99. The van der Waals surface area contributed by atoms with E-state index in [2.05, 4.69) is 0 Å². The molecule has 1 rings (SSSR count). The molecular formula is C7H2Cl2FNS. The molecule has 0 saturated carbocycles. The number of hydrogen-bond donors (Lipinski definition) is 0. The van der Waals surface area contributed by atoms with E-state index in [0.717, 1.165) is 17.8 Å². The molecule has 1 aromatic rings. The van der Waals surface area contributed by atoms with Crippen LogP contribution < -0.4 is 0 Å². The van der Waals surface area contributed by atoms with Gasteiger partial charge in [-0.15, -0.1) is 0 Å². The lowest BCUT2D eigenvalue weighted by Crippen LogP contribution is -1.79. The van der Waals surface area contributed by atoms with E-state index in [0.29, 0.717) is 4.90 Å². The first-order chi connectivity index (χ1) is 5.65. The molecule has 12 heavy (non-hydrogen) atoms. The van der Waals surface area contributed by atoms with Crippen molar-refractivity contribution in [1.82, 2.24) is 0 Å². The maximum Gasteiger partial charge on any atom is 0.143 e. The number of rotatable bonds is 1. The Labute approximate surface area is 83.1 Å². The maximum absolute atomic E-state index is 12.8. The Morgan fingerprint density at radius 2 is 2.00 bits per heavy atom. The van der Waals surface area contributed by atoms with Gasteiger partial charge >= 0.3 is 0 Å². The molecule has 1 aromatic carbocycles. The van der Waals surface area contributed by atoms with Crippen LogP contribution in [0.1, 0.15) is 0 Å². The molecule has 0 spiro atoms. The van der Waals surface area contributed by atoms with Crippen molar-refractivity contribution in [3.8, 4) is 5.40 Å². The lowest BCUT2D eigenvalue weighted by molar-refractivity contribution is 0.625. The van der Waals surface area contributed by atoms with Crippen molar-refractivity contribution in [2.75, 3.05) is 0 Å². The average Bonchev–Trinajstić information content (AvgIpc) is 2.01. The van der Waals surface area contributed by atoms with E-state index in [1.807, 2.05) is 0 Å². The third-order valence-electron chi connectivity index (χ3n) is 1.13. The molecule has 0 unspecified atom stereocenters. The molecule has 0 fully saturated rings. The molecule has 0 aliphatic rings. The number of thioether (sulfide) groups is 1. The van der Waals surface area contributed by atoms with Crippen molar-refractivity contribution in [3.63, 3.8) is 0 Å². The van der Waals surface area contributed by atoms with Crippen LogP contribution in [0.5, 0.6) is 0 Å². The molecule has 0 radical (unpaired) electrons. The summed E-state index contributed by atoms with van der Waals surface area (Å²) in [6.07, 6.45) is 0. The first-order valence-electron chi connectivity index (χ1n) is 2.85. The van der Waals surface area contributed by atoms with Gasteiger partial charge in [0.05, 0.1) is 10.0 Å². The molecule has 0 saturated heterocycles. The van der Waals surface area contributed by atoms with Crippen LogP contribution in [0.2, 0.25) is 10.0 Å². The van der Waals surface area contributed by atoms with Crippen LogP contribution in [-0.2, 0) is 0 Å². The van der Waals surface area contributed by atoms with Crippen LogP contribution in [0.25, 0.3) is 0 Å². The van der Waals surface area contributed by atoms with Gasteiger partial charge in [-0.25, -0.2) is 4.39 Å². The Morgan fingerprint density at radius 1 is 1.33 bits per heavy atom. The van der Waals surface area contributed by atoms with Crippen molar-refractivity contribution in [3.05, 3.63) is 28.0 Å². The summed E-state index contributed by atoms with van der Waals surface area (Å²) < 4.78 is 12.8. The molecule has 0 aliphatic heterocycles. The minimum Gasteiger partial charge on any atom is -0.205 e. The summed E-state index contributed by atoms with van der Waals surface area (Å²) in [6.45, 7) is 0. The number of benzene rings is 1. The molecule has 62 valence electrons. The first kappa shape index (κ1) is 9.66. The van der Waals surface area contributed by atoms with Gasteiger partial charge in [0.2, 0.25) is 0 Å². The summed E-state index contributed by atoms with van der Waals surface area (Å²) in [7, 11) is 0. The maximum atomic E-state index is 12.8. The highest BCUT2D eigenvalue weighted by Gasteiger charge is 2.06. The van der Waals surface area contributed by atoms with E-state index >= 15 is 0 Å². The summed E-state index contributed by atoms with van der Waals surface area (Å²) in [6, 6.07) is 2.41. The van der Waals surface area contributed by atoms with Crippen molar-refractivity contribution in [2.45, 2.75) is 4.90 Å². The minimum atomic E-state index is -0.571. The molecule has 0 atom stereocenters. The van der Waals surface area contributed by atoms with E-state index in [4.69, 9.17) is 28.5 Å². The minimum absolute atomic E-state index is 0.0395. The fourth-order valence-electron chi connectivity index (χ4n) is 0.632. The van der Waals surface area contributed by atoms with Gasteiger partial charge in [-0.2, -0.15) is 5.26 Å². The van der Waals surface area contributed by atoms with E-state index < -0.39 is 5.82 Å². The third-order valence-corrected chi connectivity index (χ3v) is 2.49. The largest absolute Gasteiger partial charge is 0.205 e. The van der Waals surface area contributed by atoms with Crippen LogP contribution in [0, 0.1) is 16.5 Å². The molecular weight excluding hydrogens is 220 g/mol. The molecule has 0 N–H and O–H groups in total. The predicted molar refractivity (Wildman–Crippen MR) is 47.9 cm³/mol. The van der Waals surface area contributed by atoms with E-state index in [1.165, 1.54) is 6.07 Å². The normalized spacial score (nSPS) is 9.50. The highest BCUT2D eigenvalue weighted by Crippen LogP contribution is 2.30. The molecule has 0 aliphatic carbocycles. The van der Waals surface area contributed by atoms with Gasteiger partial charge in [0.25, 0.3) is 0 Å². The lowest BCUT2D eigenvalue weighted by atomic mass is 10.3. The van der Waals surface area contributed by atoms with Crippen LogP contribution in [0.3, 0.4) is 0 Å². The summed E-state index contributed by atoms with van der Waals surface area (Å²) in [4.78, 5) is 0.376. The highest BCUT2D eigenvalue weighted by molar-refractivity contribution is 8.03. The summed E-state index contributed by atoms with van der Waals surface area (Å²) in [5.41, 5.74) is 0. The Bertz CT molecular complexity index is 348. The van der Waals surface area contributed by atoms with Gasteiger partial charge in [0.15, 0.2) is 0 Å². The standard InChI is InChI=1S/C7H2Cl2FNS/c8-4-1-5(9)7(12-3-11)2-6(4)10/h1-2H. The van der Waals surface area contributed by atoms with Gasteiger partial charge in [-0.3, -0.25) is 0 Å². The van der Waals surface area contributed by atoms with Crippen molar-refractivity contribution in [1.29, 1.82) is 5.26 Å². The van der Waals surface area contributed by atoms with Gasteiger partial charge in [0.1, 0.15) is 11.2 Å². The zero-order chi connectivity index (χ0) is 9.14. The smallest absolute Gasteiger partial charge is 0.143 e. The lowest BCUT2D eigenvalue weighted by Gasteiger charge is -1.99. The Hall–Kier alpha value is -0.430. The van der Waals surface area contributed by atoms with Gasteiger partial charge in [0, 0.05) is 4.90 Å². The van der Waals surface area contributed by atoms with Gasteiger partial charge in [-0.1, -0.05) is 23.2 Å². The molecule has 0 amide bonds. The van der Waals surface area contributed by atoms with Gasteiger partial charge < -0.3 is 0 Å². The highest BCUT2D eigenvalue weighted by atomic mass is 35.5. The second-order valence-corrected chi connectivity index (χ2v) is 3.53. The Kier molecular flexibility index (Phi) is 3.21. The fraction of sp³-hybridized carbons (Fsp3) is 0. The first-order valence-corrected chi connectivity index (χ1v) is 4.43. The average molecular weight is 222 g/mol. The van der Waals surface area contributed by atoms with E-state index in [9.17, 15) is 4.39 Å². The molecule has 5 heteroatoms. The number of halogens is 3. The van der Waals surface area contributed by atoms with E-state index in [1.54, 1.807) is 5.40 Å². The molecule has 0 heterocycles. The van der Waals surface area contributed by atoms with Crippen LogP contribution >= 0.6 is 35.0 Å². The summed E-state index contributed by atoms with van der Waals surface area (Å²) >= 11 is 11.9. The van der Waals surface area contributed by atoms with Crippen molar-refractivity contribution < 1.29 is 4.39 Å². The van der Waals surface area contributed by atoms with E-state index in [-0.39, 0.29) is 10.0 Å². The molecule has 0 bridgehead atoms. The monoisotopic (exact) mass is 221 g/mol. The Balaban J connectivity index is 3.16. The third kappa shape index (κ3) is 2.04. The summed E-state index contributed by atoms with van der Waals surface area (Å²) in [5.74, 6) is -0.571.